The number of methoxy groups -OCH3 is 1. The summed E-state index contributed by atoms with van der Waals surface area (Å²) in [5.74, 6) is 0.278. The average molecular weight is 515 g/mol. The minimum absolute atomic E-state index is 0.0124. The maximum atomic E-state index is 13.8. The van der Waals surface area contributed by atoms with E-state index in [9.17, 15) is 18.0 Å². The van der Waals surface area contributed by atoms with Crippen molar-refractivity contribution in [3.8, 4) is 5.75 Å². The molecule has 0 saturated carbocycles. The Morgan fingerprint density at radius 2 is 1.72 bits per heavy atom. The highest BCUT2D eigenvalue weighted by Gasteiger charge is 2.55. The fourth-order valence-electron chi connectivity index (χ4n) is 4.95. The van der Waals surface area contributed by atoms with Crippen LogP contribution in [0.5, 0.6) is 5.75 Å². The van der Waals surface area contributed by atoms with Crippen molar-refractivity contribution in [2.24, 2.45) is 0 Å². The number of hydrogen-bond acceptors (Lipinski definition) is 6. The zero-order valence-corrected chi connectivity index (χ0v) is 21.7. The van der Waals surface area contributed by atoms with Crippen LogP contribution in [0.1, 0.15) is 32.6 Å². The number of para-hydroxylation sites is 1. The van der Waals surface area contributed by atoms with Crippen molar-refractivity contribution < 1.29 is 22.7 Å². The molecule has 2 fully saturated rings. The van der Waals surface area contributed by atoms with Crippen molar-refractivity contribution >= 4 is 27.5 Å². The van der Waals surface area contributed by atoms with E-state index in [4.69, 9.17) is 4.74 Å². The second-order valence-corrected chi connectivity index (χ2v) is 11.2. The van der Waals surface area contributed by atoms with Crippen LogP contribution in [0.2, 0.25) is 0 Å². The van der Waals surface area contributed by atoms with Crippen LogP contribution in [0, 0.1) is 0 Å². The zero-order valence-electron chi connectivity index (χ0n) is 20.9. The molecule has 1 spiro atoms. The van der Waals surface area contributed by atoms with Crippen molar-refractivity contribution in [1.82, 2.24) is 14.5 Å². The molecule has 2 amide bonds. The molecule has 0 aliphatic carbocycles. The van der Waals surface area contributed by atoms with Crippen LogP contribution in [0.25, 0.3) is 0 Å². The first-order valence-electron chi connectivity index (χ1n) is 12.3. The molecule has 2 saturated heterocycles. The van der Waals surface area contributed by atoms with Gasteiger partial charge in [0.25, 0.3) is 0 Å². The molecule has 0 radical (unpaired) electrons. The number of unbranched alkanes of at least 4 members (excludes halogenated alkanes) is 1. The maximum absolute atomic E-state index is 13.8. The van der Waals surface area contributed by atoms with E-state index in [1.807, 2.05) is 35.2 Å². The Morgan fingerprint density at radius 1 is 1.06 bits per heavy atom. The smallest absolute Gasteiger partial charge is 0.250 e. The molecule has 0 unspecified atom stereocenters. The third kappa shape index (κ3) is 5.05. The molecule has 9 nitrogen and oxygen atoms in total. The number of carbonyl (C=O) groups is 2. The lowest BCUT2D eigenvalue weighted by molar-refractivity contribution is -0.137. The highest BCUT2D eigenvalue weighted by atomic mass is 32.2. The van der Waals surface area contributed by atoms with Crippen molar-refractivity contribution in [1.29, 1.82) is 0 Å². The van der Waals surface area contributed by atoms with Gasteiger partial charge in [0.05, 0.1) is 18.7 Å². The third-order valence-corrected chi connectivity index (χ3v) is 8.93. The molecule has 0 atom stereocenters. The summed E-state index contributed by atoms with van der Waals surface area (Å²) < 4.78 is 33.1. The predicted octanol–water partition coefficient (Wildman–Crippen LogP) is 2.44. The van der Waals surface area contributed by atoms with E-state index < -0.39 is 15.6 Å². The van der Waals surface area contributed by atoms with E-state index in [2.05, 4.69) is 12.2 Å². The van der Waals surface area contributed by atoms with Crippen LogP contribution in [0.3, 0.4) is 0 Å². The van der Waals surface area contributed by atoms with Gasteiger partial charge in [0.2, 0.25) is 21.8 Å². The molecule has 2 aliphatic rings. The quantitative estimate of drug-likeness (QED) is 0.516. The number of nitrogens with zero attached hydrogens (tertiary/aromatic N) is 3. The van der Waals surface area contributed by atoms with Gasteiger partial charge >= 0.3 is 0 Å². The molecule has 2 aromatic rings. The minimum Gasteiger partial charge on any atom is -0.497 e. The first-order valence-corrected chi connectivity index (χ1v) is 13.8. The van der Waals surface area contributed by atoms with Gasteiger partial charge in [0.15, 0.2) is 0 Å². The number of sulfonamides is 1. The molecular weight excluding hydrogens is 480 g/mol. The molecule has 4 rings (SSSR count). The van der Waals surface area contributed by atoms with E-state index in [0.29, 0.717) is 25.1 Å². The molecule has 2 aliphatic heterocycles. The Kier molecular flexibility index (Phi) is 7.85. The highest BCUT2D eigenvalue weighted by molar-refractivity contribution is 7.89. The van der Waals surface area contributed by atoms with Gasteiger partial charge in [0.1, 0.15) is 17.8 Å². The van der Waals surface area contributed by atoms with Crippen molar-refractivity contribution in [2.45, 2.75) is 43.0 Å². The van der Waals surface area contributed by atoms with Gasteiger partial charge in [-0.3, -0.25) is 9.59 Å². The Morgan fingerprint density at radius 3 is 2.33 bits per heavy atom. The van der Waals surface area contributed by atoms with Crippen LogP contribution >= 0.6 is 0 Å². The fraction of sp³-hybridized carbons (Fsp3) is 0.462. The molecule has 10 heteroatoms. The normalized spacial score (nSPS) is 18.0. The summed E-state index contributed by atoms with van der Waals surface area (Å²) in [6.07, 6.45) is 2.54. The number of amides is 2. The zero-order chi connectivity index (χ0) is 25.8. The second-order valence-electron chi connectivity index (χ2n) is 9.22. The number of nitrogens with one attached hydrogen (secondary N) is 1. The van der Waals surface area contributed by atoms with Crippen LogP contribution in [0.4, 0.5) is 5.69 Å². The first kappa shape index (κ1) is 26.0. The number of piperidine rings is 1. The van der Waals surface area contributed by atoms with Crippen LogP contribution in [-0.4, -0.2) is 74.9 Å². The fourth-order valence-corrected chi connectivity index (χ4v) is 6.39. The topological polar surface area (TPSA) is 99.3 Å². The number of hydrogen-bond donors (Lipinski definition) is 1. The Hall–Kier alpha value is -3.11. The van der Waals surface area contributed by atoms with Crippen molar-refractivity contribution in [3.05, 3.63) is 54.6 Å². The standard InChI is InChI=1S/C26H34N4O5S/c1-3-4-16-27-24(31)19-28-20-30(21-8-6-5-7-9-21)26(25(28)32)14-17-29(18-15-26)36(33,34)23-12-10-22(35-2)11-13-23/h5-13H,3-4,14-20H2,1-2H3,(H,27,31). The highest BCUT2D eigenvalue weighted by Crippen LogP contribution is 2.40. The largest absolute Gasteiger partial charge is 0.497 e. The summed E-state index contributed by atoms with van der Waals surface area (Å²) in [5.41, 5.74) is -0.0111. The van der Waals surface area contributed by atoms with Gasteiger partial charge in [-0.15, -0.1) is 0 Å². The third-order valence-electron chi connectivity index (χ3n) is 7.02. The van der Waals surface area contributed by atoms with E-state index >= 15 is 0 Å². The van der Waals surface area contributed by atoms with E-state index in [1.165, 1.54) is 23.5 Å². The number of anilines is 1. The molecular formula is C26H34N4O5S. The van der Waals surface area contributed by atoms with Gasteiger partial charge in [-0.25, -0.2) is 8.42 Å². The summed E-state index contributed by atoms with van der Waals surface area (Å²) >= 11 is 0. The van der Waals surface area contributed by atoms with E-state index in [0.717, 1.165) is 18.5 Å². The molecule has 36 heavy (non-hydrogen) atoms. The maximum Gasteiger partial charge on any atom is 0.250 e. The first-order chi connectivity index (χ1) is 17.3. The van der Waals surface area contributed by atoms with Gasteiger partial charge in [-0.2, -0.15) is 4.31 Å². The van der Waals surface area contributed by atoms with Gasteiger partial charge in [-0.1, -0.05) is 31.5 Å². The monoisotopic (exact) mass is 514 g/mol. The Labute approximate surface area is 213 Å². The van der Waals surface area contributed by atoms with Gasteiger partial charge in [0, 0.05) is 25.3 Å². The number of rotatable bonds is 9. The number of carbonyl (C=O) groups excluding carboxylic acids is 2. The second kappa shape index (κ2) is 10.9. The van der Waals surface area contributed by atoms with Crippen molar-refractivity contribution in [2.75, 3.05) is 44.9 Å². The summed E-state index contributed by atoms with van der Waals surface area (Å²) in [6.45, 7) is 3.33. The SMILES string of the molecule is CCCCNC(=O)CN1CN(c2ccccc2)C2(CCN(S(=O)(=O)c3ccc(OC)cc3)CC2)C1=O. The van der Waals surface area contributed by atoms with E-state index in [-0.39, 0.29) is 43.0 Å². The van der Waals surface area contributed by atoms with Gasteiger partial charge in [-0.05, 0) is 55.7 Å². The molecule has 1 N–H and O–H groups in total. The average Bonchev–Trinajstić information content (AvgIpc) is 3.15. The lowest BCUT2D eigenvalue weighted by Crippen LogP contribution is -2.57. The molecule has 2 aromatic carbocycles. The lowest BCUT2D eigenvalue weighted by Gasteiger charge is -2.42. The molecule has 0 bridgehead atoms. The van der Waals surface area contributed by atoms with Crippen molar-refractivity contribution in [3.63, 3.8) is 0 Å². The molecule has 2 heterocycles. The number of benzene rings is 2. The summed E-state index contributed by atoms with van der Waals surface area (Å²) in [7, 11) is -2.18. The number of ether oxygens (including phenoxy) is 1. The van der Waals surface area contributed by atoms with Crippen LogP contribution < -0.4 is 15.0 Å². The molecule has 0 aromatic heterocycles. The van der Waals surface area contributed by atoms with Crippen LogP contribution in [0.15, 0.2) is 59.5 Å². The summed E-state index contributed by atoms with van der Waals surface area (Å²) in [5, 5.41) is 2.88. The Bertz CT molecular complexity index is 1160. The summed E-state index contributed by atoms with van der Waals surface area (Å²) in [6, 6.07) is 16.0. The van der Waals surface area contributed by atoms with E-state index in [1.54, 1.807) is 17.0 Å². The van der Waals surface area contributed by atoms with Gasteiger partial charge < -0.3 is 19.9 Å². The summed E-state index contributed by atoms with van der Waals surface area (Å²) in [4.78, 5) is 30.1. The Balaban J connectivity index is 1.53. The lowest BCUT2D eigenvalue weighted by atomic mass is 9.86. The predicted molar refractivity (Wildman–Crippen MR) is 137 cm³/mol. The van der Waals surface area contributed by atoms with Crippen LogP contribution in [-0.2, 0) is 19.6 Å². The minimum atomic E-state index is -3.71. The molecule has 194 valence electrons.